The lowest BCUT2D eigenvalue weighted by molar-refractivity contribution is -0.133. The van der Waals surface area contributed by atoms with Gasteiger partial charge in [0.2, 0.25) is 0 Å². The van der Waals surface area contributed by atoms with Crippen molar-refractivity contribution in [2.75, 3.05) is 13.6 Å². The molecule has 0 bridgehead atoms. The van der Waals surface area contributed by atoms with Crippen LogP contribution in [0.4, 0.5) is 4.79 Å². The van der Waals surface area contributed by atoms with E-state index in [-0.39, 0.29) is 30.6 Å². The number of halogens is 1. The molecule has 1 aliphatic rings. The molecule has 2 heterocycles. The number of likely N-dealkylation sites (N-methyl/N-ethyl adjacent to an activating group) is 1. The summed E-state index contributed by atoms with van der Waals surface area (Å²) in [6.07, 6.45) is 0.581. The van der Waals surface area contributed by atoms with Gasteiger partial charge in [0, 0.05) is 24.5 Å². The SMILES string of the molecule is CC(C)NC(=O)N(C)CC(=O)N1N=C(c2cccs2)C[C@H]1c1ccccc1Cl. The van der Waals surface area contributed by atoms with E-state index in [1.54, 1.807) is 18.4 Å². The highest BCUT2D eigenvalue weighted by molar-refractivity contribution is 7.12. The third kappa shape index (κ3) is 4.54. The van der Waals surface area contributed by atoms with E-state index in [0.29, 0.717) is 11.4 Å². The first-order valence-electron chi connectivity index (χ1n) is 9.06. The van der Waals surface area contributed by atoms with Gasteiger partial charge in [-0.25, -0.2) is 9.80 Å². The van der Waals surface area contributed by atoms with Gasteiger partial charge in [0.15, 0.2) is 0 Å². The van der Waals surface area contributed by atoms with Crippen LogP contribution in [0.1, 0.15) is 36.8 Å². The summed E-state index contributed by atoms with van der Waals surface area (Å²) in [5, 5.41) is 11.4. The quantitative estimate of drug-likeness (QED) is 0.793. The van der Waals surface area contributed by atoms with Crippen molar-refractivity contribution in [1.29, 1.82) is 0 Å². The smallest absolute Gasteiger partial charge is 0.317 e. The Hall–Kier alpha value is -2.38. The van der Waals surface area contributed by atoms with E-state index in [4.69, 9.17) is 11.6 Å². The monoisotopic (exact) mass is 418 g/mol. The number of amides is 3. The zero-order chi connectivity index (χ0) is 20.3. The maximum Gasteiger partial charge on any atom is 0.317 e. The fraction of sp³-hybridized carbons (Fsp3) is 0.350. The van der Waals surface area contributed by atoms with Crippen LogP contribution in [0.5, 0.6) is 0 Å². The van der Waals surface area contributed by atoms with Crippen LogP contribution in [0, 0.1) is 0 Å². The standard InChI is InChI=1S/C20H23ClN4O2S/c1-13(2)22-20(27)24(3)12-19(26)25-17(14-7-4-5-8-15(14)21)11-16(23-25)18-9-6-10-28-18/h4-10,13,17H,11-12H2,1-3H3,(H,22,27)/t17-/m0/s1. The highest BCUT2D eigenvalue weighted by Gasteiger charge is 2.35. The molecule has 0 fully saturated rings. The summed E-state index contributed by atoms with van der Waals surface area (Å²) < 4.78 is 0. The summed E-state index contributed by atoms with van der Waals surface area (Å²) in [5.74, 6) is -0.252. The number of nitrogens with one attached hydrogen (secondary N) is 1. The number of carbonyl (C=O) groups is 2. The molecule has 1 aromatic carbocycles. The van der Waals surface area contributed by atoms with Crippen molar-refractivity contribution in [1.82, 2.24) is 15.2 Å². The molecular formula is C20H23ClN4O2S. The number of carbonyl (C=O) groups excluding carboxylic acids is 2. The highest BCUT2D eigenvalue weighted by atomic mass is 35.5. The third-order valence-electron chi connectivity index (χ3n) is 4.37. The van der Waals surface area contributed by atoms with Gasteiger partial charge in [-0.3, -0.25) is 4.79 Å². The summed E-state index contributed by atoms with van der Waals surface area (Å²) in [6, 6.07) is 10.8. The van der Waals surface area contributed by atoms with Gasteiger partial charge in [0.25, 0.3) is 5.91 Å². The number of hydrogen-bond acceptors (Lipinski definition) is 4. The van der Waals surface area contributed by atoms with Crippen molar-refractivity contribution in [3.63, 3.8) is 0 Å². The van der Waals surface area contributed by atoms with Crippen LogP contribution in [-0.4, -0.2) is 47.2 Å². The van der Waals surface area contributed by atoms with E-state index in [9.17, 15) is 9.59 Å². The van der Waals surface area contributed by atoms with Gasteiger partial charge in [0.05, 0.1) is 16.6 Å². The molecular weight excluding hydrogens is 396 g/mol. The largest absolute Gasteiger partial charge is 0.336 e. The summed E-state index contributed by atoms with van der Waals surface area (Å²) in [5.41, 5.74) is 1.70. The number of hydrazone groups is 1. The predicted molar refractivity (Wildman–Crippen MR) is 113 cm³/mol. The van der Waals surface area contributed by atoms with Crippen LogP contribution in [0.25, 0.3) is 0 Å². The number of hydrogen-bond donors (Lipinski definition) is 1. The minimum atomic E-state index is -0.292. The second kappa shape index (κ2) is 8.75. The molecule has 0 spiro atoms. The van der Waals surface area contributed by atoms with Crippen molar-refractivity contribution < 1.29 is 9.59 Å². The van der Waals surface area contributed by atoms with E-state index in [0.717, 1.165) is 16.2 Å². The molecule has 28 heavy (non-hydrogen) atoms. The van der Waals surface area contributed by atoms with Gasteiger partial charge in [-0.15, -0.1) is 11.3 Å². The fourth-order valence-electron chi connectivity index (χ4n) is 3.02. The molecule has 8 heteroatoms. The van der Waals surface area contributed by atoms with Crippen LogP contribution in [0.15, 0.2) is 46.9 Å². The zero-order valence-corrected chi connectivity index (χ0v) is 17.6. The summed E-state index contributed by atoms with van der Waals surface area (Å²) in [7, 11) is 1.60. The van der Waals surface area contributed by atoms with Crippen LogP contribution in [0.2, 0.25) is 5.02 Å². The normalized spacial score (nSPS) is 16.2. The lowest BCUT2D eigenvalue weighted by Crippen LogP contribution is -2.45. The summed E-state index contributed by atoms with van der Waals surface area (Å²) >= 11 is 7.98. The van der Waals surface area contributed by atoms with Gasteiger partial charge >= 0.3 is 6.03 Å². The van der Waals surface area contributed by atoms with Crippen molar-refractivity contribution in [3.8, 4) is 0 Å². The number of urea groups is 1. The highest BCUT2D eigenvalue weighted by Crippen LogP contribution is 2.36. The molecule has 0 unspecified atom stereocenters. The van der Waals surface area contributed by atoms with E-state index >= 15 is 0 Å². The van der Waals surface area contributed by atoms with E-state index < -0.39 is 0 Å². The van der Waals surface area contributed by atoms with Crippen LogP contribution >= 0.6 is 22.9 Å². The maximum atomic E-state index is 13.0. The number of rotatable bonds is 5. The Morgan fingerprint density at radius 3 is 2.71 bits per heavy atom. The fourth-order valence-corrected chi connectivity index (χ4v) is 4.01. The van der Waals surface area contributed by atoms with Gasteiger partial charge in [-0.05, 0) is 36.9 Å². The molecule has 0 aliphatic carbocycles. The molecule has 3 amide bonds. The molecule has 0 radical (unpaired) electrons. The molecule has 0 saturated carbocycles. The second-order valence-corrected chi connectivity index (χ2v) is 8.32. The minimum Gasteiger partial charge on any atom is -0.336 e. The first-order valence-corrected chi connectivity index (χ1v) is 10.3. The predicted octanol–water partition coefficient (Wildman–Crippen LogP) is 4.13. The van der Waals surface area contributed by atoms with Gasteiger partial charge in [0.1, 0.15) is 6.54 Å². The Kier molecular flexibility index (Phi) is 6.36. The maximum absolute atomic E-state index is 13.0. The Bertz CT molecular complexity index is 882. The van der Waals surface area contributed by atoms with Crippen LogP contribution in [-0.2, 0) is 4.79 Å². The molecule has 1 atom stereocenters. The minimum absolute atomic E-state index is 0.00355. The van der Waals surface area contributed by atoms with Gasteiger partial charge in [-0.2, -0.15) is 5.10 Å². The Balaban J connectivity index is 1.84. The Labute approximate surface area is 173 Å². The Morgan fingerprint density at radius 2 is 2.07 bits per heavy atom. The Morgan fingerprint density at radius 1 is 1.32 bits per heavy atom. The topological polar surface area (TPSA) is 65.0 Å². The van der Waals surface area contributed by atoms with Gasteiger partial charge in [-0.1, -0.05) is 35.9 Å². The first-order chi connectivity index (χ1) is 13.4. The molecule has 1 N–H and O–H groups in total. The van der Waals surface area contributed by atoms with Gasteiger partial charge < -0.3 is 10.2 Å². The van der Waals surface area contributed by atoms with Crippen LogP contribution < -0.4 is 5.32 Å². The summed E-state index contributed by atoms with van der Waals surface area (Å²) in [4.78, 5) is 27.6. The zero-order valence-electron chi connectivity index (χ0n) is 16.1. The van der Waals surface area contributed by atoms with Crippen molar-refractivity contribution in [2.45, 2.75) is 32.4 Å². The lowest BCUT2D eigenvalue weighted by atomic mass is 10.0. The van der Waals surface area contributed by atoms with E-state index in [2.05, 4.69) is 10.4 Å². The van der Waals surface area contributed by atoms with Crippen molar-refractivity contribution in [2.24, 2.45) is 5.10 Å². The molecule has 2 aromatic rings. The van der Waals surface area contributed by atoms with E-state index in [1.165, 1.54) is 9.91 Å². The molecule has 0 saturated heterocycles. The second-order valence-electron chi connectivity index (χ2n) is 6.96. The lowest BCUT2D eigenvalue weighted by Gasteiger charge is -2.26. The number of thiophene rings is 1. The number of benzene rings is 1. The van der Waals surface area contributed by atoms with Crippen molar-refractivity contribution >= 4 is 40.6 Å². The molecule has 1 aromatic heterocycles. The first kappa shape index (κ1) is 20.4. The molecule has 6 nitrogen and oxygen atoms in total. The molecule has 3 rings (SSSR count). The molecule has 1 aliphatic heterocycles. The average Bonchev–Trinajstić information content (AvgIpc) is 3.31. The van der Waals surface area contributed by atoms with E-state index in [1.807, 2.05) is 55.6 Å². The van der Waals surface area contributed by atoms with Crippen LogP contribution in [0.3, 0.4) is 0 Å². The van der Waals surface area contributed by atoms with Crippen molar-refractivity contribution in [3.05, 3.63) is 57.2 Å². The number of nitrogens with zero attached hydrogens (tertiary/aromatic N) is 3. The average molecular weight is 419 g/mol. The summed E-state index contributed by atoms with van der Waals surface area (Å²) in [6.45, 7) is 3.68. The molecule has 148 valence electrons. The third-order valence-corrected chi connectivity index (χ3v) is 5.63.